The molecule has 0 atom stereocenters. The lowest BCUT2D eigenvalue weighted by Crippen LogP contribution is -2.30. The lowest BCUT2D eigenvalue weighted by molar-refractivity contribution is -0.106. The van der Waals surface area contributed by atoms with Gasteiger partial charge >= 0.3 is 0 Å². The molecule has 0 saturated heterocycles. The molecule has 2 heterocycles. The van der Waals surface area contributed by atoms with Gasteiger partial charge in [0, 0.05) is 11.6 Å². The van der Waals surface area contributed by atoms with Crippen molar-refractivity contribution >= 4 is 40.1 Å². The topological polar surface area (TPSA) is 35.8 Å². The van der Waals surface area contributed by atoms with E-state index in [1.165, 1.54) is 10.6 Å². The van der Waals surface area contributed by atoms with Gasteiger partial charge in [-0.3, -0.25) is 0 Å². The number of rotatable bonds is 4. The van der Waals surface area contributed by atoms with E-state index in [2.05, 4.69) is 46.1 Å². The molecule has 0 amide bonds. The molecule has 152 valence electrons. The number of thiazole rings is 1. The van der Waals surface area contributed by atoms with Gasteiger partial charge in [-0.05, 0) is 51.8 Å². The maximum Gasteiger partial charge on any atom is 0.191 e. The summed E-state index contributed by atoms with van der Waals surface area (Å²) in [5.41, 5.74) is 1.18. The molecule has 4 nitrogen and oxygen atoms in total. The third kappa shape index (κ3) is 3.92. The molecule has 0 spiro atoms. The molecule has 28 heavy (non-hydrogen) atoms. The molecule has 1 aromatic heterocycles. The summed E-state index contributed by atoms with van der Waals surface area (Å²) < 4.78 is 14.1. The molecule has 2 aromatic rings. The molecule has 0 saturated carbocycles. The number of hydrogen-bond acceptors (Lipinski definition) is 4. The van der Waals surface area contributed by atoms with E-state index in [1.807, 2.05) is 6.07 Å². The van der Waals surface area contributed by atoms with Gasteiger partial charge in [-0.2, -0.15) is 0 Å². The van der Waals surface area contributed by atoms with Gasteiger partial charge in [-0.25, -0.2) is 4.99 Å². The lowest BCUT2D eigenvalue weighted by Gasteiger charge is -2.26. The zero-order valence-corrected chi connectivity index (χ0v) is 19.8. The zero-order chi connectivity index (χ0) is 20.9. The van der Waals surface area contributed by atoms with Crippen LogP contribution in [0.2, 0.25) is 5.02 Å². The van der Waals surface area contributed by atoms with Crippen LogP contribution in [0.1, 0.15) is 57.7 Å². The van der Waals surface area contributed by atoms with E-state index < -0.39 is 0 Å². The Hall–Kier alpha value is -1.21. The summed E-state index contributed by atoms with van der Waals surface area (Å²) in [6, 6.07) is 5.40. The number of benzene rings is 1. The summed E-state index contributed by atoms with van der Waals surface area (Å²) in [6.07, 6.45) is 0. The van der Waals surface area contributed by atoms with E-state index in [0.717, 1.165) is 16.9 Å². The normalized spacial score (nSPS) is 17.8. The van der Waals surface area contributed by atoms with Gasteiger partial charge in [0.05, 0.1) is 28.8 Å². The van der Waals surface area contributed by atoms with Crippen molar-refractivity contribution in [2.75, 3.05) is 7.11 Å². The third-order valence-electron chi connectivity index (χ3n) is 4.67. The predicted octanol–water partition coefficient (Wildman–Crippen LogP) is 5.64. The molecule has 7 heteroatoms. The van der Waals surface area contributed by atoms with Crippen LogP contribution >= 0.6 is 35.2 Å². The van der Waals surface area contributed by atoms with Crippen molar-refractivity contribution in [3.05, 3.63) is 44.2 Å². The summed E-state index contributed by atoms with van der Waals surface area (Å²) in [5.74, 6) is 1.13. The second-order valence-electron chi connectivity index (χ2n) is 8.45. The summed E-state index contributed by atoms with van der Waals surface area (Å²) in [6.45, 7) is 13.7. The van der Waals surface area contributed by atoms with E-state index in [-0.39, 0.29) is 11.2 Å². The molecule has 0 N–H and O–H groups in total. The number of fused-ring (bicyclic) bond motifs is 1. The quantitative estimate of drug-likeness (QED) is 0.579. The summed E-state index contributed by atoms with van der Waals surface area (Å²) in [4.78, 5) is 7.40. The summed E-state index contributed by atoms with van der Waals surface area (Å²) in [7, 11) is 1.62. The molecule has 1 aliphatic rings. The Balaban J connectivity index is 2.20. The van der Waals surface area contributed by atoms with Crippen LogP contribution in [0.15, 0.2) is 23.2 Å². The first-order chi connectivity index (χ1) is 13.0. The van der Waals surface area contributed by atoms with Gasteiger partial charge in [-0.15, -0.1) is 0 Å². The van der Waals surface area contributed by atoms with Crippen molar-refractivity contribution in [1.82, 2.24) is 4.57 Å². The van der Waals surface area contributed by atoms with Gasteiger partial charge in [0.25, 0.3) is 0 Å². The highest BCUT2D eigenvalue weighted by molar-refractivity contribution is 7.80. The number of hydrogen-bond donors (Lipinski definition) is 0. The van der Waals surface area contributed by atoms with Gasteiger partial charge in [0.2, 0.25) is 0 Å². The molecule has 3 rings (SSSR count). The fraction of sp³-hybridized carbons (Fsp3) is 0.524. The number of thiocarbonyl (C=S) groups is 1. The second-order valence-corrected chi connectivity index (χ2v) is 10.3. The van der Waals surface area contributed by atoms with E-state index in [4.69, 9.17) is 38.3 Å². The first kappa shape index (κ1) is 21.5. The Labute approximate surface area is 181 Å². The monoisotopic (exact) mass is 438 g/mol. The maximum atomic E-state index is 6.34. The fourth-order valence-corrected chi connectivity index (χ4v) is 5.58. The van der Waals surface area contributed by atoms with Crippen LogP contribution in [0.5, 0.6) is 5.75 Å². The number of methoxy groups -OCH3 is 1. The number of ether oxygens (including phenoxy) is 2. The van der Waals surface area contributed by atoms with Crippen molar-refractivity contribution in [3.8, 4) is 5.75 Å². The van der Waals surface area contributed by atoms with Crippen molar-refractivity contribution < 1.29 is 9.47 Å². The van der Waals surface area contributed by atoms with E-state index in [9.17, 15) is 0 Å². The standard InChI is InChI=1S/C21H27ClN2O2S2/c1-12(2)11-24-16-17(21(5,6)26-20(16,3)4)28-19(24)23-18(27)14-10-13(22)8-9-15(14)25-7/h8-10,12H,11H2,1-7H3. The van der Waals surface area contributed by atoms with Crippen LogP contribution in [-0.4, -0.2) is 16.7 Å². The predicted molar refractivity (Wildman–Crippen MR) is 120 cm³/mol. The highest BCUT2D eigenvalue weighted by atomic mass is 35.5. The highest BCUT2D eigenvalue weighted by Crippen LogP contribution is 2.48. The molecular formula is C21H27ClN2O2S2. The Kier molecular flexibility index (Phi) is 5.80. The SMILES string of the molecule is COc1ccc(Cl)cc1C(=S)N=c1sc2c(n1CC(C)C)C(C)(C)OC2(C)C. The molecule has 0 bridgehead atoms. The number of halogens is 1. The van der Waals surface area contributed by atoms with Crippen molar-refractivity contribution in [1.29, 1.82) is 0 Å². The molecule has 0 aliphatic carbocycles. The fourth-order valence-electron chi connectivity index (χ4n) is 3.76. The number of nitrogens with zero attached hydrogens (tertiary/aromatic N) is 2. The first-order valence-corrected chi connectivity index (χ1v) is 10.9. The van der Waals surface area contributed by atoms with Crippen LogP contribution in [0, 0.1) is 5.92 Å². The molecule has 1 aliphatic heterocycles. The Morgan fingerprint density at radius 3 is 2.57 bits per heavy atom. The number of aromatic nitrogens is 1. The van der Waals surface area contributed by atoms with Gasteiger partial charge in [0.15, 0.2) is 4.80 Å². The molecule has 0 radical (unpaired) electrons. The van der Waals surface area contributed by atoms with E-state index >= 15 is 0 Å². The Morgan fingerprint density at radius 2 is 1.96 bits per heavy atom. The molecular weight excluding hydrogens is 412 g/mol. The largest absolute Gasteiger partial charge is 0.496 e. The Morgan fingerprint density at radius 1 is 1.29 bits per heavy atom. The third-order valence-corrected chi connectivity index (χ3v) is 6.60. The average Bonchev–Trinajstić information content (AvgIpc) is 3.01. The zero-order valence-electron chi connectivity index (χ0n) is 17.4. The minimum absolute atomic E-state index is 0.356. The van der Waals surface area contributed by atoms with Gasteiger partial charge in [-0.1, -0.05) is 49.0 Å². The highest BCUT2D eigenvalue weighted by Gasteiger charge is 2.47. The van der Waals surface area contributed by atoms with Crippen LogP contribution in [0.4, 0.5) is 0 Å². The lowest BCUT2D eigenvalue weighted by atomic mass is 10.0. The van der Waals surface area contributed by atoms with Crippen molar-refractivity contribution in [2.24, 2.45) is 10.9 Å². The average molecular weight is 439 g/mol. The van der Waals surface area contributed by atoms with Crippen LogP contribution < -0.4 is 9.54 Å². The minimum Gasteiger partial charge on any atom is -0.496 e. The maximum absolute atomic E-state index is 6.34. The molecule has 0 fully saturated rings. The summed E-state index contributed by atoms with van der Waals surface area (Å²) in [5, 5.41) is 0.604. The first-order valence-electron chi connectivity index (χ1n) is 9.33. The van der Waals surface area contributed by atoms with Crippen LogP contribution in [0.3, 0.4) is 0 Å². The van der Waals surface area contributed by atoms with E-state index in [1.54, 1.807) is 30.6 Å². The second kappa shape index (κ2) is 7.56. The van der Waals surface area contributed by atoms with Crippen LogP contribution in [-0.2, 0) is 22.5 Å². The smallest absolute Gasteiger partial charge is 0.191 e. The molecule has 0 unspecified atom stereocenters. The van der Waals surface area contributed by atoms with Crippen molar-refractivity contribution in [3.63, 3.8) is 0 Å². The van der Waals surface area contributed by atoms with Crippen molar-refractivity contribution in [2.45, 2.75) is 59.3 Å². The minimum atomic E-state index is -0.382. The van der Waals surface area contributed by atoms with Gasteiger partial charge < -0.3 is 14.0 Å². The van der Waals surface area contributed by atoms with E-state index in [0.29, 0.717) is 21.7 Å². The van der Waals surface area contributed by atoms with Crippen LogP contribution in [0.25, 0.3) is 0 Å². The van der Waals surface area contributed by atoms with Gasteiger partial charge in [0.1, 0.15) is 16.3 Å². The molecule has 1 aromatic carbocycles. The Bertz CT molecular complexity index is 987. The summed E-state index contributed by atoms with van der Waals surface area (Å²) >= 11 is 13.5.